The van der Waals surface area contributed by atoms with Crippen LogP contribution in [0.5, 0.6) is 0 Å². The zero-order chi connectivity index (χ0) is 15.7. The number of hydrogen-bond donors (Lipinski definition) is 0. The monoisotopic (exact) mass is 307 g/mol. The maximum atomic E-state index is 13.2. The highest BCUT2D eigenvalue weighted by Gasteiger charge is 2.52. The van der Waals surface area contributed by atoms with Crippen molar-refractivity contribution in [3.05, 3.63) is 71.8 Å². The number of nitrogens with zero attached hydrogens (tertiary/aromatic N) is 1. The third-order valence-electron chi connectivity index (χ3n) is 5.07. The lowest BCUT2D eigenvalue weighted by molar-refractivity contribution is -0.0642. The first-order valence-corrected chi connectivity index (χ1v) is 8.38. The molecule has 4 rings (SSSR count). The van der Waals surface area contributed by atoms with E-state index in [1.54, 1.807) is 0 Å². The van der Waals surface area contributed by atoms with Crippen LogP contribution >= 0.6 is 0 Å². The summed E-state index contributed by atoms with van der Waals surface area (Å²) >= 11 is 0. The topological polar surface area (TPSA) is 29.5 Å². The number of rotatable bonds is 2. The van der Waals surface area contributed by atoms with Crippen LogP contribution in [0.1, 0.15) is 47.6 Å². The molecule has 3 heteroatoms. The molecule has 2 aliphatic rings. The zero-order valence-corrected chi connectivity index (χ0v) is 13.2. The van der Waals surface area contributed by atoms with Crippen LogP contribution in [-0.2, 0) is 4.74 Å². The quantitative estimate of drug-likeness (QED) is 0.833. The van der Waals surface area contributed by atoms with E-state index in [1.165, 1.54) is 0 Å². The first kappa shape index (κ1) is 14.5. The van der Waals surface area contributed by atoms with Crippen LogP contribution in [0.25, 0.3) is 0 Å². The van der Waals surface area contributed by atoms with Gasteiger partial charge in [-0.1, -0.05) is 48.5 Å². The second-order valence-corrected chi connectivity index (χ2v) is 6.43. The van der Waals surface area contributed by atoms with Gasteiger partial charge >= 0.3 is 0 Å². The highest BCUT2D eigenvalue weighted by atomic mass is 16.5. The molecule has 0 N–H and O–H groups in total. The van der Waals surface area contributed by atoms with E-state index in [2.05, 4.69) is 12.1 Å². The van der Waals surface area contributed by atoms with E-state index in [9.17, 15) is 4.79 Å². The summed E-state index contributed by atoms with van der Waals surface area (Å²) in [7, 11) is 0. The fourth-order valence-electron chi connectivity index (χ4n) is 3.94. The average Bonchev–Trinajstić information content (AvgIpc) is 3.24. The lowest BCUT2D eigenvalue weighted by Crippen LogP contribution is -2.47. The van der Waals surface area contributed by atoms with Crippen molar-refractivity contribution >= 4 is 5.91 Å². The normalized spacial score (nSPS) is 22.6. The van der Waals surface area contributed by atoms with Crippen molar-refractivity contribution in [3.8, 4) is 0 Å². The summed E-state index contributed by atoms with van der Waals surface area (Å²) in [6, 6.07) is 19.8. The molecular weight excluding hydrogens is 286 g/mol. The summed E-state index contributed by atoms with van der Waals surface area (Å²) in [5, 5.41) is 0. The van der Waals surface area contributed by atoms with Crippen molar-refractivity contribution in [1.29, 1.82) is 0 Å². The molecule has 1 spiro atoms. The molecule has 1 aliphatic carbocycles. The van der Waals surface area contributed by atoms with Crippen molar-refractivity contribution < 1.29 is 9.53 Å². The molecule has 0 aromatic heterocycles. The van der Waals surface area contributed by atoms with E-state index < -0.39 is 5.72 Å². The minimum Gasteiger partial charge on any atom is -0.353 e. The van der Waals surface area contributed by atoms with Crippen molar-refractivity contribution in [2.45, 2.75) is 37.5 Å². The first-order chi connectivity index (χ1) is 11.3. The molecule has 1 atom stereocenters. The second-order valence-electron chi connectivity index (χ2n) is 6.43. The van der Waals surface area contributed by atoms with Gasteiger partial charge in [-0.15, -0.1) is 0 Å². The van der Waals surface area contributed by atoms with E-state index in [4.69, 9.17) is 4.74 Å². The molecular formula is C20H21NO2. The van der Waals surface area contributed by atoms with E-state index >= 15 is 0 Å². The van der Waals surface area contributed by atoms with Crippen molar-refractivity contribution in [3.63, 3.8) is 0 Å². The fourth-order valence-corrected chi connectivity index (χ4v) is 3.94. The van der Waals surface area contributed by atoms with Crippen LogP contribution < -0.4 is 0 Å². The van der Waals surface area contributed by atoms with Crippen LogP contribution in [0, 0.1) is 0 Å². The molecule has 2 fully saturated rings. The molecule has 118 valence electrons. The van der Waals surface area contributed by atoms with Gasteiger partial charge in [-0.05, 0) is 43.4 Å². The summed E-state index contributed by atoms with van der Waals surface area (Å²) in [5.74, 6) is 0.0823. The molecule has 0 unspecified atom stereocenters. The molecule has 2 aromatic carbocycles. The third kappa shape index (κ3) is 2.45. The standard InChI is InChI=1S/C20H21NO2/c22-19(17-11-5-2-6-12-17)21-18(16-9-3-1-4-10-16)15-23-20(21)13-7-8-14-20/h1-6,9-12,18H,7-8,13-15H2/t18-/m0/s1. The second kappa shape index (κ2) is 5.82. The Hall–Kier alpha value is -2.13. The van der Waals surface area contributed by atoms with E-state index in [0.29, 0.717) is 6.61 Å². The minimum atomic E-state index is -0.409. The van der Waals surface area contributed by atoms with Crippen LogP contribution in [0.4, 0.5) is 0 Å². The van der Waals surface area contributed by atoms with E-state index in [-0.39, 0.29) is 11.9 Å². The Morgan fingerprint density at radius 2 is 1.57 bits per heavy atom. The number of benzene rings is 2. The lowest BCUT2D eigenvalue weighted by Gasteiger charge is -2.36. The number of hydrogen-bond acceptors (Lipinski definition) is 2. The Kier molecular flexibility index (Phi) is 3.66. The summed E-state index contributed by atoms with van der Waals surface area (Å²) in [6.07, 6.45) is 4.13. The number of amides is 1. The third-order valence-corrected chi connectivity index (χ3v) is 5.07. The lowest BCUT2D eigenvalue weighted by atomic mass is 10.0. The highest BCUT2D eigenvalue weighted by Crippen LogP contribution is 2.47. The Bertz CT molecular complexity index is 677. The molecule has 23 heavy (non-hydrogen) atoms. The van der Waals surface area contributed by atoms with Gasteiger partial charge in [0.05, 0.1) is 12.6 Å². The zero-order valence-electron chi connectivity index (χ0n) is 13.2. The Balaban J connectivity index is 1.74. The van der Waals surface area contributed by atoms with Crippen molar-refractivity contribution in [1.82, 2.24) is 4.90 Å². The molecule has 1 saturated heterocycles. The van der Waals surface area contributed by atoms with E-state index in [0.717, 1.165) is 36.8 Å². The number of carbonyl (C=O) groups is 1. The average molecular weight is 307 g/mol. The number of ether oxygens (including phenoxy) is 1. The first-order valence-electron chi connectivity index (χ1n) is 8.38. The smallest absolute Gasteiger partial charge is 0.256 e. The molecule has 1 amide bonds. The number of carbonyl (C=O) groups excluding carboxylic acids is 1. The maximum Gasteiger partial charge on any atom is 0.256 e. The van der Waals surface area contributed by atoms with Crippen LogP contribution in [0.2, 0.25) is 0 Å². The van der Waals surface area contributed by atoms with Gasteiger partial charge in [-0.3, -0.25) is 4.79 Å². The summed E-state index contributed by atoms with van der Waals surface area (Å²) in [4.78, 5) is 15.3. The maximum absolute atomic E-state index is 13.2. The molecule has 1 heterocycles. The molecule has 1 saturated carbocycles. The summed E-state index contributed by atoms with van der Waals surface area (Å²) < 4.78 is 6.23. The van der Waals surface area contributed by atoms with Gasteiger partial charge < -0.3 is 9.64 Å². The van der Waals surface area contributed by atoms with Crippen LogP contribution in [0.15, 0.2) is 60.7 Å². The van der Waals surface area contributed by atoms with Gasteiger partial charge in [0.1, 0.15) is 5.72 Å². The van der Waals surface area contributed by atoms with Gasteiger partial charge in [0.25, 0.3) is 5.91 Å². The fraction of sp³-hybridized carbons (Fsp3) is 0.350. The largest absolute Gasteiger partial charge is 0.353 e. The van der Waals surface area contributed by atoms with Crippen molar-refractivity contribution in [2.75, 3.05) is 6.61 Å². The SMILES string of the molecule is O=C(c1ccccc1)N1[C@H](c2ccccc2)COC12CCCC2. The van der Waals surface area contributed by atoms with Crippen molar-refractivity contribution in [2.24, 2.45) is 0 Å². The highest BCUT2D eigenvalue weighted by molar-refractivity contribution is 5.95. The van der Waals surface area contributed by atoms with Crippen LogP contribution in [-0.4, -0.2) is 23.1 Å². The molecule has 3 nitrogen and oxygen atoms in total. The minimum absolute atomic E-state index is 0.00186. The van der Waals surface area contributed by atoms with E-state index in [1.807, 2.05) is 53.4 Å². The Morgan fingerprint density at radius 3 is 2.22 bits per heavy atom. The predicted molar refractivity (Wildman–Crippen MR) is 88.9 cm³/mol. The van der Waals surface area contributed by atoms with Gasteiger partial charge in [-0.25, -0.2) is 0 Å². The van der Waals surface area contributed by atoms with Gasteiger partial charge in [0.2, 0.25) is 0 Å². The predicted octanol–water partition coefficient (Wildman–Crippen LogP) is 4.17. The van der Waals surface area contributed by atoms with Crippen LogP contribution in [0.3, 0.4) is 0 Å². The van der Waals surface area contributed by atoms with Gasteiger partial charge in [-0.2, -0.15) is 0 Å². The molecule has 0 radical (unpaired) electrons. The Morgan fingerprint density at radius 1 is 0.957 bits per heavy atom. The van der Waals surface area contributed by atoms with Gasteiger partial charge in [0, 0.05) is 5.56 Å². The Labute approximate surface area is 136 Å². The van der Waals surface area contributed by atoms with Gasteiger partial charge in [0.15, 0.2) is 0 Å². The summed E-state index contributed by atoms with van der Waals surface area (Å²) in [5.41, 5.74) is 1.48. The molecule has 0 bridgehead atoms. The molecule has 1 aliphatic heterocycles. The molecule has 2 aromatic rings. The summed E-state index contributed by atoms with van der Waals surface area (Å²) in [6.45, 7) is 0.586.